The topological polar surface area (TPSA) is 108 Å². The summed E-state index contributed by atoms with van der Waals surface area (Å²) in [7, 11) is 0. The molecule has 0 radical (unpaired) electrons. The molecule has 55 heavy (non-hydrogen) atoms. The van der Waals surface area contributed by atoms with Gasteiger partial charge in [0.15, 0.2) is 5.75 Å². The van der Waals surface area contributed by atoms with Crippen molar-refractivity contribution in [3.8, 4) is 33.4 Å². The molecule has 4 heterocycles. The van der Waals surface area contributed by atoms with E-state index in [1.165, 1.54) is 36.8 Å². The van der Waals surface area contributed by atoms with Crippen molar-refractivity contribution in [2.75, 3.05) is 26.2 Å². The van der Waals surface area contributed by atoms with Gasteiger partial charge in [-0.2, -0.15) is 0 Å². The number of nitrogens with one attached hydrogen (secondary N) is 1. The Morgan fingerprint density at radius 1 is 0.873 bits per heavy atom. The molecule has 8 rings (SSSR count). The van der Waals surface area contributed by atoms with Gasteiger partial charge in [0.1, 0.15) is 29.9 Å². The summed E-state index contributed by atoms with van der Waals surface area (Å²) in [6.07, 6.45) is 7.60. The van der Waals surface area contributed by atoms with Gasteiger partial charge in [-0.1, -0.05) is 54.8 Å². The molecule has 3 amide bonds. The fraction of sp³-hybridized carbons (Fsp3) is 0.356. The quantitative estimate of drug-likeness (QED) is 0.0915. The summed E-state index contributed by atoms with van der Waals surface area (Å²) in [5, 5.41) is 13.4. The van der Waals surface area contributed by atoms with Crippen LogP contribution in [0.3, 0.4) is 0 Å². The van der Waals surface area contributed by atoms with Crippen LogP contribution in [0.15, 0.2) is 84.9 Å². The molecule has 0 saturated carbocycles. The van der Waals surface area contributed by atoms with Crippen molar-refractivity contribution in [2.45, 2.75) is 70.9 Å². The molecule has 1 unspecified atom stereocenters. The van der Waals surface area contributed by atoms with E-state index in [1.54, 1.807) is 28.4 Å². The summed E-state index contributed by atoms with van der Waals surface area (Å²) >= 11 is 1.62. The monoisotopic (exact) mass is 757 g/mol. The first-order valence-corrected chi connectivity index (χ1v) is 20.3. The van der Waals surface area contributed by atoms with Gasteiger partial charge in [0.05, 0.1) is 4.88 Å². The van der Waals surface area contributed by atoms with E-state index in [2.05, 4.69) is 53.5 Å². The number of rotatable bonds is 13. The van der Waals surface area contributed by atoms with E-state index in [0.717, 1.165) is 81.7 Å². The van der Waals surface area contributed by atoms with Gasteiger partial charge in [0.25, 0.3) is 5.91 Å². The lowest BCUT2D eigenvalue weighted by atomic mass is 9.90. The lowest BCUT2D eigenvalue weighted by molar-refractivity contribution is -0.136. The molecule has 10 heteroatoms. The molecule has 284 valence electrons. The number of thiophene rings is 1. The summed E-state index contributed by atoms with van der Waals surface area (Å²) in [4.78, 5) is 42.1. The first-order valence-electron chi connectivity index (χ1n) is 19.5. The Labute approximate surface area is 325 Å². The predicted molar refractivity (Wildman–Crippen MR) is 215 cm³/mol. The summed E-state index contributed by atoms with van der Waals surface area (Å²) < 4.78 is 13.6. The van der Waals surface area contributed by atoms with Gasteiger partial charge in [-0.15, -0.1) is 11.3 Å². The number of carbonyl (C=O) groups is 3. The highest BCUT2D eigenvalue weighted by Crippen LogP contribution is 2.47. The predicted octanol–water partition coefficient (Wildman–Crippen LogP) is 8.64. The smallest absolute Gasteiger partial charge is 0.255 e. The minimum Gasteiger partial charge on any atom is -0.508 e. The summed E-state index contributed by atoms with van der Waals surface area (Å²) in [6, 6.07) is 27.2. The number of hydrogen-bond donors (Lipinski definition) is 2. The van der Waals surface area contributed by atoms with Crippen molar-refractivity contribution >= 4 is 39.1 Å². The van der Waals surface area contributed by atoms with E-state index < -0.39 is 6.04 Å². The van der Waals surface area contributed by atoms with Crippen LogP contribution >= 0.6 is 11.3 Å². The molecule has 0 bridgehead atoms. The highest BCUT2D eigenvalue weighted by Gasteiger charge is 2.39. The second kappa shape index (κ2) is 16.3. The maximum absolute atomic E-state index is 13.0. The zero-order chi connectivity index (χ0) is 37.9. The zero-order valence-electron chi connectivity index (χ0n) is 31.2. The molecule has 0 spiro atoms. The average Bonchev–Trinajstić information content (AvgIpc) is 3.70. The number of likely N-dealkylation sites (tertiary alicyclic amines) is 1. The SMILES string of the molecule is Cc1ccc(-c2sc3cc(O)ccc3c2Oc2ccc(OCCN3CCC(CCCCc4ccc5c(c4)CN(C4CCC(=O)NC4=O)C5=O)CC3)cc2)cc1. The molecule has 2 N–H and O–H groups in total. The van der Waals surface area contributed by atoms with Crippen molar-refractivity contribution in [3.63, 3.8) is 0 Å². The molecule has 2 fully saturated rings. The molecule has 3 aliphatic heterocycles. The van der Waals surface area contributed by atoms with E-state index in [1.807, 2.05) is 36.4 Å². The third-order valence-corrected chi connectivity index (χ3v) is 12.5. The van der Waals surface area contributed by atoms with Crippen molar-refractivity contribution in [1.82, 2.24) is 15.1 Å². The molecule has 5 aromatic rings. The van der Waals surface area contributed by atoms with Gasteiger partial charge in [0.2, 0.25) is 11.8 Å². The summed E-state index contributed by atoms with van der Waals surface area (Å²) in [5.41, 5.74) is 5.17. The number of hydrogen-bond acceptors (Lipinski definition) is 8. The third-order valence-electron chi connectivity index (χ3n) is 11.3. The number of benzene rings is 4. The van der Waals surface area contributed by atoms with Gasteiger partial charge < -0.3 is 19.5 Å². The number of amides is 3. The Hall–Kier alpha value is -5.19. The van der Waals surface area contributed by atoms with Crippen LogP contribution < -0.4 is 14.8 Å². The number of phenols is 1. The number of fused-ring (bicyclic) bond motifs is 2. The minimum absolute atomic E-state index is 0.116. The number of piperidine rings is 2. The number of phenolic OH excluding ortho intramolecular Hbond substituents is 1. The molecule has 4 aromatic carbocycles. The number of imide groups is 1. The molecule has 0 aliphatic carbocycles. The Morgan fingerprint density at radius 2 is 1.65 bits per heavy atom. The highest BCUT2D eigenvalue weighted by atomic mass is 32.1. The van der Waals surface area contributed by atoms with Crippen LogP contribution in [-0.2, 0) is 22.6 Å². The van der Waals surface area contributed by atoms with Gasteiger partial charge in [-0.3, -0.25) is 24.6 Å². The Kier molecular flexibility index (Phi) is 10.9. The maximum Gasteiger partial charge on any atom is 0.255 e. The minimum atomic E-state index is -0.574. The van der Waals surface area contributed by atoms with E-state index in [9.17, 15) is 19.5 Å². The number of nitrogens with zero attached hydrogens (tertiary/aromatic N) is 2. The number of aromatic hydroxyl groups is 1. The van der Waals surface area contributed by atoms with E-state index in [-0.39, 0.29) is 29.9 Å². The number of carbonyl (C=O) groups excluding carboxylic acids is 3. The normalized spacial score (nSPS) is 17.8. The van der Waals surface area contributed by atoms with Gasteiger partial charge >= 0.3 is 0 Å². The largest absolute Gasteiger partial charge is 0.508 e. The number of aryl methyl sites for hydroxylation is 2. The van der Waals surface area contributed by atoms with Gasteiger partial charge in [0, 0.05) is 35.2 Å². The Balaban J connectivity index is 0.750. The Bertz CT molecular complexity index is 2190. The zero-order valence-corrected chi connectivity index (χ0v) is 32.0. The van der Waals surface area contributed by atoms with Crippen LogP contribution in [0.5, 0.6) is 23.0 Å². The van der Waals surface area contributed by atoms with Crippen LogP contribution in [-0.4, -0.2) is 64.9 Å². The standard InChI is InChI=1S/C45H47N3O6S/c1-29-6-9-32(10-7-29)43-42(38-17-11-34(49)27-40(38)55-43)54-36-14-12-35(13-15-36)53-25-24-47-22-20-30(21-23-47)4-2-3-5-31-8-16-37-33(26-31)28-48(45(37)52)39-18-19-41(50)46-44(39)51/h6-17,26-27,30,39,49H,2-5,18-25,28H2,1H3,(H,46,50,51). The lowest BCUT2D eigenvalue weighted by Gasteiger charge is -2.31. The van der Waals surface area contributed by atoms with Gasteiger partial charge in [-0.05, 0) is 123 Å². The fourth-order valence-corrected chi connectivity index (χ4v) is 9.28. The molecule has 2 saturated heterocycles. The van der Waals surface area contributed by atoms with Gasteiger partial charge in [-0.25, -0.2) is 0 Å². The molecule has 9 nitrogen and oxygen atoms in total. The lowest BCUT2D eigenvalue weighted by Crippen LogP contribution is -2.52. The first kappa shape index (κ1) is 36.8. The molecule has 1 aromatic heterocycles. The number of ether oxygens (including phenoxy) is 2. The van der Waals surface area contributed by atoms with E-state index >= 15 is 0 Å². The van der Waals surface area contributed by atoms with Crippen molar-refractivity contribution in [1.29, 1.82) is 0 Å². The number of unbranched alkanes of at least 4 members (excludes halogenated alkanes) is 1. The van der Waals surface area contributed by atoms with Crippen molar-refractivity contribution in [2.24, 2.45) is 5.92 Å². The summed E-state index contributed by atoms with van der Waals surface area (Å²) in [6.45, 7) is 6.24. The Morgan fingerprint density at radius 3 is 2.44 bits per heavy atom. The average molecular weight is 758 g/mol. The molecule has 3 aliphatic rings. The maximum atomic E-state index is 13.0. The second-order valence-electron chi connectivity index (χ2n) is 15.2. The first-order chi connectivity index (χ1) is 26.8. The second-order valence-corrected chi connectivity index (χ2v) is 16.2. The van der Waals surface area contributed by atoms with Crippen LogP contribution in [0.25, 0.3) is 20.5 Å². The highest BCUT2D eigenvalue weighted by molar-refractivity contribution is 7.22. The molecular formula is C45H47N3O6S. The van der Waals surface area contributed by atoms with Crippen molar-refractivity contribution < 1.29 is 29.0 Å². The third kappa shape index (κ3) is 8.40. The molecular weight excluding hydrogens is 711 g/mol. The molecule has 1 atom stereocenters. The fourth-order valence-electron chi connectivity index (χ4n) is 8.12. The van der Waals surface area contributed by atoms with E-state index in [4.69, 9.17) is 9.47 Å². The van der Waals surface area contributed by atoms with Crippen LogP contribution in [0.1, 0.15) is 72.0 Å². The van der Waals surface area contributed by atoms with Crippen LogP contribution in [0.4, 0.5) is 0 Å². The summed E-state index contributed by atoms with van der Waals surface area (Å²) in [5.74, 6) is 2.59. The van der Waals surface area contributed by atoms with E-state index in [0.29, 0.717) is 25.1 Å². The van der Waals surface area contributed by atoms with Crippen LogP contribution in [0, 0.1) is 12.8 Å². The van der Waals surface area contributed by atoms with Crippen LogP contribution in [0.2, 0.25) is 0 Å². The van der Waals surface area contributed by atoms with Crippen molar-refractivity contribution in [3.05, 3.63) is 107 Å².